The first kappa shape index (κ1) is 12.4. The minimum Gasteiger partial charge on any atom is -0.368 e. The lowest BCUT2D eigenvalue weighted by molar-refractivity contribution is -0.125. The van der Waals surface area contributed by atoms with Gasteiger partial charge in [0.1, 0.15) is 0 Å². The van der Waals surface area contributed by atoms with Gasteiger partial charge in [0, 0.05) is 0 Å². The van der Waals surface area contributed by atoms with E-state index in [1.54, 1.807) is 0 Å². The molecule has 3 nitrogen and oxygen atoms in total. The number of hydrogen-bond acceptors (Lipinski definition) is 2. The van der Waals surface area contributed by atoms with Crippen LogP contribution in [0.25, 0.3) is 0 Å². The van der Waals surface area contributed by atoms with E-state index in [0.717, 1.165) is 0 Å². The van der Waals surface area contributed by atoms with Crippen LogP contribution in [0.1, 0.15) is 41.0 Å². The minimum atomic E-state index is -0.877. The summed E-state index contributed by atoms with van der Waals surface area (Å²) in [4.78, 5) is 11.2. The Morgan fingerprint density at radius 3 is 1.77 bits per heavy atom. The van der Waals surface area contributed by atoms with Crippen LogP contribution in [-0.2, 0) is 4.79 Å². The molecule has 0 heterocycles. The van der Waals surface area contributed by atoms with Crippen molar-refractivity contribution >= 4 is 5.91 Å². The molecule has 3 heteroatoms. The van der Waals surface area contributed by atoms with E-state index in [1.165, 1.54) is 0 Å². The molecule has 0 aromatic carbocycles. The predicted octanol–water partition coefficient (Wildman–Crippen LogP) is 1.26. The van der Waals surface area contributed by atoms with Crippen molar-refractivity contribution in [2.75, 3.05) is 0 Å². The van der Waals surface area contributed by atoms with Crippen molar-refractivity contribution in [3.05, 3.63) is 0 Å². The van der Waals surface area contributed by atoms with Gasteiger partial charge in [-0.25, -0.2) is 0 Å². The molecule has 0 radical (unpaired) electrons. The number of rotatable bonds is 3. The molecule has 0 unspecified atom stereocenters. The Morgan fingerprint density at radius 2 is 1.69 bits per heavy atom. The Hall–Kier alpha value is -0.570. The van der Waals surface area contributed by atoms with Gasteiger partial charge in [0.2, 0.25) is 5.91 Å². The normalized spacial score (nSPS) is 17.2. The van der Waals surface area contributed by atoms with Crippen molar-refractivity contribution in [3.63, 3.8) is 0 Å². The van der Waals surface area contributed by atoms with Crippen LogP contribution >= 0.6 is 0 Å². The van der Waals surface area contributed by atoms with Gasteiger partial charge in [-0.3, -0.25) is 4.79 Å². The first-order valence-electron chi connectivity index (χ1n) is 4.68. The summed E-state index contributed by atoms with van der Waals surface area (Å²) in [5, 5.41) is 0. The van der Waals surface area contributed by atoms with Crippen LogP contribution < -0.4 is 11.5 Å². The highest BCUT2D eigenvalue weighted by Crippen LogP contribution is 2.30. The third-order valence-corrected chi connectivity index (χ3v) is 2.31. The Kier molecular flexibility index (Phi) is 3.50. The second-order valence-corrected chi connectivity index (χ2v) is 5.30. The molecule has 0 aliphatic carbocycles. The maximum absolute atomic E-state index is 11.2. The Morgan fingerprint density at radius 1 is 1.31 bits per heavy atom. The zero-order valence-corrected chi connectivity index (χ0v) is 9.35. The van der Waals surface area contributed by atoms with E-state index in [9.17, 15) is 4.79 Å². The molecule has 0 rings (SSSR count). The highest BCUT2D eigenvalue weighted by molar-refractivity contribution is 5.84. The lowest BCUT2D eigenvalue weighted by Gasteiger charge is -2.35. The molecule has 0 bridgehead atoms. The molecule has 1 amide bonds. The van der Waals surface area contributed by atoms with Crippen molar-refractivity contribution < 1.29 is 4.79 Å². The van der Waals surface area contributed by atoms with Crippen molar-refractivity contribution in [2.24, 2.45) is 22.8 Å². The van der Waals surface area contributed by atoms with Gasteiger partial charge in [-0.2, -0.15) is 0 Å². The quantitative estimate of drug-likeness (QED) is 0.696. The van der Waals surface area contributed by atoms with Crippen LogP contribution in [0.4, 0.5) is 0 Å². The summed E-state index contributed by atoms with van der Waals surface area (Å²) in [5.74, 6) is -0.332. The summed E-state index contributed by atoms with van der Waals surface area (Å²) in [6.07, 6.45) is 0.618. The van der Waals surface area contributed by atoms with Crippen LogP contribution in [0.15, 0.2) is 0 Å². The van der Waals surface area contributed by atoms with Crippen LogP contribution in [0, 0.1) is 11.3 Å². The highest BCUT2D eigenvalue weighted by atomic mass is 16.1. The van der Waals surface area contributed by atoms with Crippen molar-refractivity contribution in [1.82, 2.24) is 0 Å². The summed E-state index contributed by atoms with van der Waals surface area (Å²) in [6, 6.07) is 0. The number of carbonyl (C=O) groups excluding carboxylic acids is 1. The Bertz CT molecular complexity index is 194. The average molecular weight is 186 g/mol. The van der Waals surface area contributed by atoms with Crippen molar-refractivity contribution in [3.8, 4) is 0 Å². The molecule has 0 aromatic heterocycles. The predicted molar refractivity (Wildman–Crippen MR) is 55.0 cm³/mol. The van der Waals surface area contributed by atoms with Crippen molar-refractivity contribution in [2.45, 2.75) is 46.6 Å². The first-order chi connectivity index (χ1) is 5.59. The lowest BCUT2D eigenvalue weighted by atomic mass is 9.74. The van der Waals surface area contributed by atoms with Crippen LogP contribution in [-0.4, -0.2) is 11.4 Å². The van der Waals surface area contributed by atoms with Gasteiger partial charge in [0.05, 0.1) is 5.54 Å². The van der Waals surface area contributed by atoms with E-state index < -0.39 is 11.4 Å². The minimum absolute atomic E-state index is 0.0219. The SMILES string of the molecule is CC(C)[C@](N)(CC(C)(C)C)C(N)=O. The Labute approximate surface area is 80.9 Å². The van der Waals surface area contributed by atoms with Crippen LogP contribution in [0.3, 0.4) is 0 Å². The second-order valence-electron chi connectivity index (χ2n) is 5.30. The maximum atomic E-state index is 11.2. The monoisotopic (exact) mass is 186 g/mol. The first-order valence-corrected chi connectivity index (χ1v) is 4.68. The summed E-state index contributed by atoms with van der Waals surface area (Å²) < 4.78 is 0. The van der Waals surface area contributed by atoms with Gasteiger partial charge in [-0.1, -0.05) is 34.6 Å². The molecule has 0 aliphatic rings. The maximum Gasteiger partial charge on any atom is 0.237 e. The van der Waals surface area contributed by atoms with Gasteiger partial charge in [-0.05, 0) is 17.8 Å². The number of hydrogen-bond donors (Lipinski definition) is 2. The number of primary amides is 1. The highest BCUT2D eigenvalue weighted by Gasteiger charge is 2.38. The van der Waals surface area contributed by atoms with E-state index in [0.29, 0.717) is 6.42 Å². The molecule has 0 aromatic rings. The van der Waals surface area contributed by atoms with Gasteiger partial charge in [0.15, 0.2) is 0 Å². The average Bonchev–Trinajstić information content (AvgIpc) is 1.82. The van der Waals surface area contributed by atoms with E-state index in [1.807, 2.05) is 13.8 Å². The molecular formula is C10H22N2O. The largest absolute Gasteiger partial charge is 0.368 e. The zero-order valence-electron chi connectivity index (χ0n) is 9.35. The third-order valence-electron chi connectivity index (χ3n) is 2.31. The topological polar surface area (TPSA) is 69.1 Å². The molecule has 1 atom stereocenters. The number of nitrogens with two attached hydrogens (primary N) is 2. The summed E-state index contributed by atoms with van der Waals surface area (Å²) in [6.45, 7) is 10.0. The van der Waals surface area contributed by atoms with Gasteiger partial charge < -0.3 is 11.5 Å². The fraction of sp³-hybridized carbons (Fsp3) is 0.900. The molecule has 0 saturated carbocycles. The van der Waals surface area contributed by atoms with E-state index in [-0.39, 0.29) is 11.3 Å². The molecule has 0 aliphatic heterocycles. The molecule has 78 valence electrons. The van der Waals surface area contributed by atoms with Crippen molar-refractivity contribution in [1.29, 1.82) is 0 Å². The van der Waals surface area contributed by atoms with E-state index in [2.05, 4.69) is 20.8 Å². The fourth-order valence-electron chi connectivity index (χ4n) is 1.45. The molecular weight excluding hydrogens is 164 g/mol. The smallest absolute Gasteiger partial charge is 0.237 e. The molecule has 0 fully saturated rings. The van der Waals surface area contributed by atoms with E-state index in [4.69, 9.17) is 11.5 Å². The standard InChI is InChI=1S/C10H22N2O/c1-7(2)10(12,8(11)13)6-9(3,4)5/h7H,6,12H2,1-5H3,(H2,11,13)/t10-/m1/s1. The second kappa shape index (κ2) is 3.66. The summed E-state index contributed by atoms with van der Waals surface area (Å²) in [5.41, 5.74) is 10.5. The zero-order chi connectivity index (χ0) is 10.9. The lowest BCUT2D eigenvalue weighted by Crippen LogP contribution is -2.57. The van der Waals surface area contributed by atoms with Crippen LogP contribution in [0.5, 0.6) is 0 Å². The van der Waals surface area contributed by atoms with Gasteiger partial charge in [-0.15, -0.1) is 0 Å². The molecule has 0 spiro atoms. The number of carbonyl (C=O) groups is 1. The fourth-order valence-corrected chi connectivity index (χ4v) is 1.45. The van der Waals surface area contributed by atoms with Gasteiger partial charge >= 0.3 is 0 Å². The summed E-state index contributed by atoms with van der Waals surface area (Å²) >= 11 is 0. The third kappa shape index (κ3) is 3.35. The number of amides is 1. The van der Waals surface area contributed by atoms with E-state index >= 15 is 0 Å². The molecule has 4 N–H and O–H groups in total. The summed E-state index contributed by atoms with van der Waals surface area (Å²) in [7, 11) is 0. The molecule has 0 saturated heterocycles. The Balaban J connectivity index is 4.73. The van der Waals surface area contributed by atoms with Gasteiger partial charge in [0.25, 0.3) is 0 Å². The van der Waals surface area contributed by atoms with Crippen LogP contribution in [0.2, 0.25) is 0 Å². The molecule has 13 heavy (non-hydrogen) atoms.